The Balaban J connectivity index is 1.94. The van der Waals surface area contributed by atoms with E-state index in [0.29, 0.717) is 0 Å². The first-order valence-corrected chi connectivity index (χ1v) is 8.37. The second-order valence-electron chi connectivity index (χ2n) is 5.20. The predicted octanol–water partition coefficient (Wildman–Crippen LogP) is 2.53. The lowest BCUT2D eigenvalue weighted by atomic mass is 10.2. The van der Waals surface area contributed by atoms with Gasteiger partial charge >= 0.3 is 0 Å². The van der Waals surface area contributed by atoms with Crippen molar-refractivity contribution in [2.75, 3.05) is 24.5 Å². The van der Waals surface area contributed by atoms with Crippen molar-refractivity contribution in [3.05, 3.63) is 17.8 Å². The quantitative estimate of drug-likeness (QED) is 0.871. The fraction of sp³-hybridized carbons (Fsp3) is 0.533. The van der Waals surface area contributed by atoms with Crippen molar-refractivity contribution in [2.24, 2.45) is 0 Å². The summed E-state index contributed by atoms with van der Waals surface area (Å²) in [7, 11) is 0. The van der Waals surface area contributed by atoms with Gasteiger partial charge in [0.15, 0.2) is 0 Å². The van der Waals surface area contributed by atoms with Gasteiger partial charge in [-0.05, 0) is 38.1 Å². The van der Waals surface area contributed by atoms with Crippen molar-refractivity contribution in [3.63, 3.8) is 0 Å². The van der Waals surface area contributed by atoms with E-state index in [9.17, 15) is 4.79 Å². The summed E-state index contributed by atoms with van der Waals surface area (Å²) in [6, 6.07) is 1.97. The fourth-order valence-electron chi connectivity index (χ4n) is 3.03. The summed E-state index contributed by atoms with van der Waals surface area (Å²) in [5.74, 6) is 1.13. The molecule has 0 unspecified atom stereocenters. The first-order valence-electron chi connectivity index (χ1n) is 7.49. The van der Waals surface area contributed by atoms with Crippen LogP contribution in [-0.4, -0.2) is 46.5 Å². The van der Waals surface area contributed by atoms with Crippen LogP contribution in [-0.2, 0) is 4.79 Å². The highest BCUT2D eigenvalue weighted by atomic mass is 32.1. The number of likely N-dealkylation sites (N-methyl/N-ethyl adjacent to an activating group) is 1. The fourth-order valence-corrected chi connectivity index (χ4v) is 3.76. The third-order valence-corrected chi connectivity index (χ3v) is 4.95. The number of thiophene rings is 1. The van der Waals surface area contributed by atoms with Crippen molar-refractivity contribution in [2.45, 2.75) is 32.7 Å². The third-order valence-electron chi connectivity index (χ3n) is 4.13. The van der Waals surface area contributed by atoms with E-state index in [1.165, 1.54) is 0 Å². The van der Waals surface area contributed by atoms with E-state index >= 15 is 0 Å². The molecule has 3 heterocycles. The molecule has 2 aromatic rings. The van der Waals surface area contributed by atoms with Crippen LogP contribution in [0.25, 0.3) is 10.2 Å². The zero-order valence-electron chi connectivity index (χ0n) is 12.5. The summed E-state index contributed by atoms with van der Waals surface area (Å²) in [5, 5.41) is 3.09. The summed E-state index contributed by atoms with van der Waals surface area (Å²) in [6.07, 6.45) is 3.55. The lowest BCUT2D eigenvalue weighted by molar-refractivity contribution is -0.132. The third kappa shape index (κ3) is 2.48. The normalized spacial score (nSPS) is 18.4. The highest BCUT2D eigenvalue weighted by Gasteiger charge is 2.34. The van der Waals surface area contributed by atoms with Crippen molar-refractivity contribution in [1.29, 1.82) is 0 Å². The van der Waals surface area contributed by atoms with Crippen LogP contribution in [0.1, 0.15) is 26.7 Å². The minimum atomic E-state index is -0.0806. The molecule has 1 amide bonds. The highest BCUT2D eigenvalue weighted by molar-refractivity contribution is 7.16. The summed E-state index contributed by atoms with van der Waals surface area (Å²) in [6.45, 7) is 6.47. The Morgan fingerprint density at radius 1 is 1.43 bits per heavy atom. The number of carbonyl (C=O) groups excluding carboxylic acids is 1. The minimum absolute atomic E-state index is 0.0806. The van der Waals surface area contributed by atoms with Crippen molar-refractivity contribution < 1.29 is 4.79 Å². The molecule has 0 radical (unpaired) electrons. The van der Waals surface area contributed by atoms with E-state index in [0.717, 1.165) is 48.5 Å². The predicted molar refractivity (Wildman–Crippen MR) is 85.7 cm³/mol. The molecule has 0 aliphatic carbocycles. The van der Waals surface area contributed by atoms with Crippen LogP contribution in [0.3, 0.4) is 0 Å². The number of nitrogens with zero attached hydrogens (tertiary/aromatic N) is 4. The molecule has 1 saturated heterocycles. The number of carbonyl (C=O) groups is 1. The minimum Gasteiger partial charge on any atom is -0.344 e. The largest absolute Gasteiger partial charge is 0.344 e. The van der Waals surface area contributed by atoms with E-state index in [-0.39, 0.29) is 11.9 Å². The van der Waals surface area contributed by atoms with Gasteiger partial charge in [-0.2, -0.15) is 0 Å². The van der Waals surface area contributed by atoms with Crippen molar-refractivity contribution in [3.8, 4) is 0 Å². The number of fused-ring (bicyclic) bond motifs is 1. The molecule has 0 spiro atoms. The molecule has 1 atom stereocenters. The Hall–Kier alpha value is -1.69. The molecule has 112 valence electrons. The Morgan fingerprint density at radius 3 is 3.00 bits per heavy atom. The number of hydrogen-bond donors (Lipinski definition) is 0. The highest BCUT2D eigenvalue weighted by Crippen LogP contribution is 2.32. The first kappa shape index (κ1) is 14.3. The van der Waals surface area contributed by atoms with E-state index in [2.05, 4.69) is 14.9 Å². The number of anilines is 1. The van der Waals surface area contributed by atoms with E-state index in [1.807, 2.05) is 30.2 Å². The molecule has 1 fully saturated rings. The average molecular weight is 304 g/mol. The number of aromatic nitrogens is 2. The molecular weight excluding hydrogens is 284 g/mol. The molecule has 0 bridgehead atoms. The topological polar surface area (TPSA) is 49.3 Å². The van der Waals surface area contributed by atoms with Gasteiger partial charge in [-0.25, -0.2) is 9.97 Å². The Bertz CT molecular complexity index is 637. The molecule has 2 aromatic heterocycles. The molecule has 1 aliphatic rings. The summed E-state index contributed by atoms with van der Waals surface area (Å²) < 4.78 is 0. The average Bonchev–Trinajstić information content (AvgIpc) is 3.16. The van der Waals surface area contributed by atoms with E-state index in [4.69, 9.17) is 0 Å². The zero-order chi connectivity index (χ0) is 14.8. The maximum atomic E-state index is 12.7. The van der Waals surface area contributed by atoms with Crippen LogP contribution in [0.2, 0.25) is 0 Å². The van der Waals surface area contributed by atoms with Crippen LogP contribution >= 0.6 is 11.3 Å². The van der Waals surface area contributed by atoms with Crippen LogP contribution in [0.15, 0.2) is 17.8 Å². The lowest BCUT2D eigenvalue weighted by Gasteiger charge is -2.29. The summed E-state index contributed by atoms with van der Waals surface area (Å²) >= 11 is 1.61. The zero-order valence-corrected chi connectivity index (χ0v) is 13.3. The number of hydrogen-bond acceptors (Lipinski definition) is 5. The summed E-state index contributed by atoms with van der Waals surface area (Å²) in [5.41, 5.74) is 0. The standard InChI is InChI=1S/C15H20N4OS/c1-3-18(4-2)15(20)12-6-5-8-19(12)13-11-7-9-21-14(11)17-10-16-13/h7,9-10,12H,3-6,8H2,1-2H3/t12-/m0/s1. The molecule has 0 N–H and O–H groups in total. The molecule has 0 saturated carbocycles. The van der Waals surface area contributed by atoms with Gasteiger partial charge in [0.1, 0.15) is 23.0 Å². The number of amides is 1. The van der Waals surface area contributed by atoms with Gasteiger partial charge in [-0.15, -0.1) is 11.3 Å². The molecule has 1 aliphatic heterocycles. The number of rotatable bonds is 4. The molecule has 5 nitrogen and oxygen atoms in total. The maximum absolute atomic E-state index is 12.7. The van der Waals surface area contributed by atoms with Crippen molar-refractivity contribution >= 4 is 33.3 Å². The summed E-state index contributed by atoms with van der Waals surface area (Å²) in [4.78, 5) is 26.5. The van der Waals surface area contributed by atoms with Crippen LogP contribution < -0.4 is 4.90 Å². The van der Waals surface area contributed by atoms with Crippen molar-refractivity contribution in [1.82, 2.24) is 14.9 Å². The Labute approximate surface area is 128 Å². The monoisotopic (exact) mass is 304 g/mol. The van der Waals surface area contributed by atoms with Crippen LogP contribution in [0.5, 0.6) is 0 Å². The molecular formula is C15H20N4OS. The molecule has 6 heteroatoms. The first-order chi connectivity index (χ1) is 10.3. The van der Waals surface area contributed by atoms with E-state index in [1.54, 1.807) is 17.7 Å². The molecule has 3 rings (SSSR count). The van der Waals surface area contributed by atoms with Crippen LogP contribution in [0.4, 0.5) is 5.82 Å². The van der Waals surface area contributed by atoms with Gasteiger partial charge in [0.25, 0.3) is 0 Å². The van der Waals surface area contributed by atoms with Gasteiger partial charge in [0.05, 0.1) is 5.39 Å². The Morgan fingerprint density at radius 2 is 2.24 bits per heavy atom. The van der Waals surface area contributed by atoms with Gasteiger partial charge in [-0.3, -0.25) is 4.79 Å². The second kappa shape index (κ2) is 5.97. The smallest absolute Gasteiger partial charge is 0.245 e. The van der Waals surface area contributed by atoms with Crippen LogP contribution in [0, 0.1) is 0 Å². The maximum Gasteiger partial charge on any atom is 0.245 e. The van der Waals surface area contributed by atoms with Gasteiger partial charge < -0.3 is 9.80 Å². The van der Waals surface area contributed by atoms with Gasteiger partial charge in [-0.1, -0.05) is 0 Å². The lowest BCUT2D eigenvalue weighted by Crippen LogP contribution is -2.46. The Kier molecular flexibility index (Phi) is 4.05. The second-order valence-corrected chi connectivity index (χ2v) is 6.09. The van der Waals surface area contributed by atoms with E-state index < -0.39 is 0 Å². The van der Waals surface area contributed by atoms with Gasteiger partial charge in [0, 0.05) is 19.6 Å². The molecule has 0 aromatic carbocycles. The van der Waals surface area contributed by atoms with Gasteiger partial charge in [0.2, 0.25) is 5.91 Å². The molecule has 21 heavy (non-hydrogen) atoms. The SMILES string of the molecule is CCN(CC)C(=O)[C@@H]1CCCN1c1ncnc2sccc12.